The van der Waals surface area contributed by atoms with Crippen molar-refractivity contribution in [3.8, 4) is 0 Å². The molecule has 1 N–H and O–H groups in total. The first-order valence-corrected chi connectivity index (χ1v) is 14.5. The van der Waals surface area contributed by atoms with Crippen molar-refractivity contribution >= 4 is 68.2 Å². The van der Waals surface area contributed by atoms with E-state index in [0.29, 0.717) is 27.2 Å². The molecule has 1 fully saturated rings. The number of benzene rings is 2. The quantitative estimate of drug-likeness (QED) is 0.325. The molecule has 186 valence electrons. The van der Waals surface area contributed by atoms with E-state index in [1.165, 1.54) is 16.4 Å². The van der Waals surface area contributed by atoms with Crippen LogP contribution in [-0.4, -0.2) is 54.7 Å². The van der Waals surface area contributed by atoms with Gasteiger partial charge >= 0.3 is 5.97 Å². The number of unbranched alkanes of at least 4 members (excludes halogenated alkanes) is 1. The monoisotopic (exact) mass is 564 g/mol. The van der Waals surface area contributed by atoms with E-state index in [4.69, 9.17) is 39.9 Å². The highest BCUT2D eigenvalue weighted by Gasteiger charge is 2.31. The molecule has 2 aromatic carbocycles. The number of anilines is 1. The van der Waals surface area contributed by atoms with Crippen molar-refractivity contribution in [2.24, 2.45) is 0 Å². The van der Waals surface area contributed by atoms with E-state index in [1.807, 2.05) is 6.92 Å². The summed E-state index contributed by atoms with van der Waals surface area (Å²) >= 11 is 20.2. The maximum atomic E-state index is 13.6. The summed E-state index contributed by atoms with van der Waals surface area (Å²) in [6.07, 6.45) is 2.48. The topological polar surface area (TPSA) is 77.9 Å². The molecule has 1 unspecified atom stereocenters. The summed E-state index contributed by atoms with van der Waals surface area (Å²) in [5.41, 5.74) is 0.337. The molecule has 0 spiro atoms. The summed E-state index contributed by atoms with van der Waals surface area (Å²) in [5, 5.41) is 10.2. The van der Waals surface area contributed by atoms with Gasteiger partial charge in [-0.2, -0.15) is 0 Å². The second kappa shape index (κ2) is 12.2. The third kappa shape index (κ3) is 7.18. The summed E-state index contributed by atoms with van der Waals surface area (Å²) in [7, 11) is -3.92. The predicted molar refractivity (Wildman–Crippen MR) is 141 cm³/mol. The van der Waals surface area contributed by atoms with Crippen LogP contribution in [0.15, 0.2) is 47.4 Å². The lowest BCUT2D eigenvalue weighted by atomic mass is 10.1. The van der Waals surface area contributed by atoms with Crippen LogP contribution in [0.1, 0.15) is 32.6 Å². The van der Waals surface area contributed by atoms with E-state index >= 15 is 0 Å². The molecule has 6 nitrogen and oxygen atoms in total. The van der Waals surface area contributed by atoms with Gasteiger partial charge in [0.05, 0.1) is 22.0 Å². The predicted octanol–water partition coefficient (Wildman–Crippen LogP) is 6.25. The van der Waals surface area contributed by atoms with E-state index in [0.717, 1.165) is 31.8 Å². The van der Waals surface area contributed by atoms with Crippen LogP contribution in [0.4, 0.5) is 5.69 Å². The molecule has 3 rings (SSSR count). The third-order valence-corrected chi connectivity index (χ3v) is 9.67. The molecule has 1 heterocycles. The molecule has 0 bridgehead atoms. The maximum Gasteiger partial charge on any atom is 0.304 e. The molecule has 0 saturated carbocycles. The van der Waals surface area contributed by atoms with Crippen molar-refractivity contribution in [1.82, 2.24) is 4.90 Å². The number of carboxylic acid groups (broad SMARTS) is 1. The normalized spacial score (nSPS) is 17.6. The molecule has 0 aromatic heterocycles. The van der Waals surface area contributed by atoms with Crippen LogP contribution in [0.5, 0.6) is 0 Å². The molecule has 2 aromatic rings. The zero-order chi connectivity index (χ0) is 24.9. The largest absolute Gasteiger partial charge is 0.481 e. The summed E-state index contributed by atoms with van der Waals surface area (Å²) in [6.45, 7) is 3.47. The van der Waals surface area contributed by atoms with Crippen molar-refractivity contribution in [2.75, 3.05) is 23.3 Å². The first-order chi connectivity index (χ1) is 16.1. The summed E-state index contributed by atoms with van der Waals surface area (Å²) < 4.78 is 28.6. The van der Waals surface area contributed by atoms with Crippen LogP contribution in [-0.2, 0) is 14.8 Å². The molecular formula is C23H27Cl3N2O4S2. The Morgan fingerprint density at radius 1 is 1.15 bits per heavy atom. The second-order valence-electron chi connectivity index (χ2n) is 8.29. The van der Waals surface area contributed by atoms with Crippen LogP contribution in [0.3, 0.4) is 0 Å². The number of nitrogens with zero attached hydrogens (tertiary/aromatic N) is 2. The minimum absolute atomic E-state index is 0.123. The maximum absolute atomic E-state index is 13.6. The highest BCUT2D eigenvalue weighted by molar-refractivity contribution is 8.00. The molecule has 11 heteroatoms. The van der Waals surface area contributed by atoms with Gasteiger partial charge < -0.3 is 5.11 Å². The Balaban J connectivity index is 1.70. The first kappa shape index (κ1) is 27.4. The summed E-state index contributed by atoms with van der Waals surface area (Å²) in [5.74, 6) is 0.0534. The van der Waals surface area contributed by atoms with Gasteiger partial charge in [-0.05, 0) is 68.8 Å². The van der Waals surface area contributed by atoms with Crippen molar-refractivity contribution in [3.05, 3.63) is 57.5 Å². The van der Waals surface area contributed by atoms with Crippen molar-refractivity contribution in [1.29, 1.82) is 0 Å². The van der Waals surface area contributed by atoms with Gasteiger partial charge in [0.2, 0.25) is 0 Å². The second-order valence-corrected chi connectivity index (χ2v) is 12.6. The number of sulfonamides is 1. The minimum Gasteiger partial charge on any atom is -0.481 e. The Hall–Kier alpha value is -1.16. The zero-order valence-corrected chi connectivity index (χ0v) is 22.6. The fourth-order valence-corrected chi connectivity index (χ4v) is 7.43. The average molecular weight is 566 g/mol. The van der Waals surface area contributed by atoms with E-state index in [2.05, 4.69) is 4.90 Å². The lowest BCUT2D eigenvalue weighted by Gasteiger charge is -2.31. The minimum atomic E-state index is -3.92. The molecule has 34 heavy (non-hydrogen) atoms. The van der Waals surface area contributed by atoms with Crippen LogP contribution in [0.25, 0.3) is 0 Å². The number of carbonyl (C=O) groups is 1. The fourth-order valence-electron chi connectivity index (χ4n) is 3.95. The van der Waals surface area contributed by atoms with Crippen molar-refractivity contribution < 1.29 is 18.3 Å². The van der Waals surface area contributed by atoms with Gasteiger partial charge in [0.1, 0.15) is 0 Å². The smallest absolute Gasteiger partial charge is 0.304 e. The van der Waals surface area contributed by atoms with E-state index in [-0.39, 0.29) is 22.6 Å². The number of hydrogen-bond acceptors (Lipinski definition) is 5. The van der Waals surface area contributed by atoms with Crippen molar-refractivity contribution in [3.63, 3.8) is 0 Å². The van der Waals surface area contributed by atoms with E-state index in [1.54, 1.807) is 42.1 Å². The summed E-state index contributed by atoms with van der Waals surface area (Å²) in [6, 6.07) is 10.5. The van der Waals surface area contributed by atoms with Crippen LogP contribution < -0.4 is 4.31 Å². The summed E-state index contributed by atoms with van der Waals surface area (Å²) in [4.78, 5) is 13.3. The molecular weight excluding hydrogens is 539 g/mol. The number of thioether (sulfide) groups is 1. The van der Waals surface area contributed by atoms with Crippen LogP contribution in [0, 0.1) is 0 Å². The van der Waals surface area contributed by atoms with Gasteiger partial charge in [-0.15, -0.1) is 11.8 Å². The number of rotatable bonds is 11. The van der Waals surface area contributed by atoms with Crippen LogP contribution in [0.2, 0.25) is 15.1 Å². The van der Waals surface area contributed by atoms with Gasteiger partial charge in [-0.25, -0.2) is 8.42 Å². The van der Waals surface area contributed by atoms with Crippen molar-refractivity contribution in [2.45, 2.75) is 48.8 Å². The Morgan fingerprint density at radius 2 is 1.82 bits per heavy atom. The molecule has 2 atom stereocenters. The molecule has 0 aliphatic carbocycles. The van der Waals surface area contributed by atoms with Crippen LogP contribution >= 0.6 is 46.6 Å². The lowest BCUT2D eigenvalue weighted by Crippen LogP contribution is -2.39. The SMILES string of the molecule is C[C@H](CCCCN1CSC(CC(=O)O)C1)N(c1cc(Cl)ccc1Cl)S(=O)(=O)c1ccc(Cl)cc1. The first-order valence-electron chi connectivity index (χ1n) is 10.9. The third-order valence-electron chi connectivity index (χ3n) is 5.62. The highest BCUT2D eigenvalue weighted by atomic mass is 35.5. The average Bonchev–Trinajstić information content (AvgIpc) is 3.20. The van der Waals surface area contributed by atoms with E-state index in [9.17, 15) is 13.2 Å². The number of hydrogen-bond donors (Lipinski definition) is 1. The molecule has 1 saturated heterocycles. The van der Waals surface area contributed by atoms with Gasteiger partial charge in [0, 0.05) is 33.8 Å². The number of aliphatic carboxylic acids is 1. The lowest BCUT2D eigenvalue weighted by molar-refractivity contribution is -0.137. The van der Waals surface area contributed by atoms with Gasteiger partial charge in [0.15, 0.2) is 0 Å². The Labute approximate surface area is 220 Å². The molecule has 0 radical (unpaired) electrons. The Bertz CT molecular complexity index is 1100. The van der Waals surface area contributed by atoms with Gasteiger partial charge in [-0.3, -0.25) is 14.0 Å². The number of carboxylic acids is 1. The Kier molecular flexibility index (Phi) is 9.83. The number of halogens is 3. The standard InChI is InChI=1S/C23H27Cl3N2O4S2/c1-16(4-2-3-11-27-14-19(33-15-27)13-23(29)30)28(22-12-18(25)7-10-21(22)26)34(31,32)20-8-5-17(24)6-9-20/h5-10,12,16,19H,2-4,11,13-15H2,1H3,(H,29,30)/t16-,19?/m1/s1. The zero-order valence-electron chi connectivity index (χ0n) is 18.7. The highest BCUT2D eigenvalue weighted by Crippen LogP contribution is 2.36. The van der Waals surface area contributed by atoms with Gasteiger partial charge in [0.25, 0.3) is 10.0 Å². The molecule has 0 amide bonds. The van der Waals surface area contributed by atoms with E-state index < -0.39 is 16.0 Å². The van der Waals surface area contributed by atoms with Gasteiger partial charge in [-0.1, -0.05) is 41.2 Å². The molecule has 1 aliphatic rings. The Morgan fingerprint density at radius 3 is 2.50 bits per heavy atom. The fraction of sp³-hybridized carbons (Fsp3) is 0.435. The molecule has 1 aliphatic heterocycles.